The second-order valence-corrected chi connectivity index (χ2v) is 16.1. The zero-order valence-electron chi connectivity index (χ0n) is 26.7. The summed E-state index contributed by atoms with van der Waals surface area (Å²) >= 11 is 0. The molecule has 0 aromatic carbocycles. The smallest absolute Gasteiger partial charge is 0.233 e. The predicted octanol–water partition coefficient (Wildman–Crippen LogP) is 7.08. The average Bonchev–Trinajstić information content (AvgIpc) is 3.40. The number of fused-ring (bicyclic) bond motifs is 7. The number of aromatic nitrogens is 2. The summed E-state index contributed by atoms with van der Waals surface area (Å²) in [7, 11) is 1.68. The highest BCUT2D eigenvalue weighted by Gasteiger charge is 2.70. The normalized spacial score (nSPS) is 41.8. The Morgan fingerprint density at radius 3 is 2.45 bits per heavy atom. The Morgan fingerprint density at radius 2 is 1.76 bits per heavy atom. The van der Waals surface area contributed by atoms with Crippen LogP contribution in [-0.4, -0.2) is 35.4 Å². The fraction of sp³-hybridized carbons (Fsp3) is 0.743. The van der Waals surface area contributed by atoms with Gasteiger partial charge in [-0.1, -0.05) is 65.3 Å². The summed E-state index contributed by atoms with van der Waals surface area (Å²) in [4.78, 5) is 36.6. The number of rotatable bonds is 4. The van der Waals surface area contributed by atoms with Crippen LogP contribution in [0.3, 0.4) is 0 Å². The highest BCUT2D eigenvalue weighted by molar-refractivity contribution is 6.03. The summed E-state index contributed by atoms with van der Waals surface area (Å²) in [5, 5.41) is 4.34. The van der Waals surface area contributed by atoms with Gasteiger partial charge in [0, 0.05) is 30.3 Å². The number of ketones is 2. The Kier molecular flexibility index (Phi) is 6.46. The van der Waals surface area contributed by atoms with Crippen LogP contribution in [0.5, 0.6) is 0 Å². The number of methoxy groups -OCH3 is 1. The highest BCUT2D eigenvalue weighted by Crippen LogP contribution is 2.74. The van der Waals surface area contributed by atoms with E-state index < -0.39 is 10.8 Å². The highest BCUT2D eigenvalue weighted by atomic mass is 16.5. The molecule has 1 aromatic heterocycles. The van der Waals surface area contributed by atoms with Gasteiger partial charge in [-0.15, -0.1) is 0 Å². The molecule has 0 radical (unpaired) electrons. The van der Waals surface area contributed by atoms with Crippen LogP contribution in [0.1, 0.15) is 105 Å². The first-order chi connectivity index (χ1) is 19.6. The number of carbonyl (C=O) groups is 2. The molecule has 0 saturated heterocycles. The molecular formula is C35H47N3O4. The predicted molar refractivity (Wildman–Crippen MR) is 159 cm³/mol. The molecule has 7 atom stereocenters. The number of hydrogen-bond donors (Lipinski definition) is 0. The molecule has 0 unspecified atom stereocenters. The minimum absolute atomic E-state index is 0.0514. The fourth-order valence-electron chi connectivity index (χ4n) is 10.7. The molecule has 3 saturated carbocycles. The Labute approximate surface area is 250 Å². The third-order valence-corrected chi connectivity index (χ3v) is 13.3. The maximum Gasteiger partial charge on any atom is 0.233 e. The quantitative estimate of drug-likeness (QED) is 0.358. The molecular weight excluding hydrogens is 526 g/mol. The molecule has 7 heteroatoms. The number of Topliss-reactive ketones (excluding diaryl/α,β-unsaturated/α-hetero) is 1. The third kappa shape index (κ3) is 3.72. The SMILES string of the molecule is [C-]#[N+]C1=C[C@]2(C)C3=CC(=O)[C@@H]4[C@@H]5CC(C)(C)CC[C@]5(c5nc(CCOC)no5)CC[C@@]4(C)[C@]3(C)CC[C@H]2C(C)(C)C1=O. The Balaban J connectivity index is 1.49. The van der Waals surface area contributed by atoms with E-state index in [1.807, 2.05) is 26.0 Å². The van der Waals surface area contributed by atoms with Crippen molar-refractivity contribution in [1.82, 2.24) is 10.1 Å². The van der Waals surface area contributed by atoms with Gasteiger partial charge in [0.05, 0.1) is 18.6 Å². The van der Waals surface area contributed by atoms with E-state index in [-0.39, 0.29) is 56.7 Å². The maximum absolute atomic E-state index is 14.7. The zero-order valence-corrected chi connectivity index (χ0v) is 26.7. The van der Waals surface area contributed by atoms with Crippen LogP contribution in [0.25, 0.3) is 4.85 Å². The zero-order chi connectivity index (χ0) is 30.5. The molecule has 0 spiro atoms. The van der Waals surface area contributed by atoms with Crippen molar-refractivity contribution in [2.45, 2.75) is 105 Å². The molecule has 42 heavy (non-hydrogen) atoms. The van der Waals surface area contributed by atoms with Crippen molar-refractivity contribution in [3.63, 3.8) is 0 Å². The van der Waals surface area contributed by atoms with Gasteiger partial charge in [0.25, 0.3) is 0 Å². The van der Waals surface area contributed by atoms with Gasteiger partial charge in [0.1, 0.15) is 0 Å². The molecule has 1 heterocycles. The van der Waals surface area contributed by atoms with E-state index in [0.29, 0.717) is 24.7 Å². The molecule has 7 nitrogen and oxygen atoms in total. The maximum atomic E-state index is 14.7. The van der Waals surface area contributed by atoms with Gasteiger partial charge < -0.3 is 14.1 Å². The van der Waals surface area contributed by atoms with Crippen LogP contribution in [0.4, 0.5) is 0 Å². The number of allylic oxidation sites excluding steroid dienone is 4. The van der Waals surface area contributed by atoms with E-state index in [2.05, 4.69) is 44.6 Å². The number of carbonyl (C=O) groups excluding carboxylic acids is 2. The monoisotopic (exact) mass is 573 g/mol. The van der Waals surface area contributed by atoms with Crippen LogP contribution in [0, 0.1) is 51.4 Å². The van der Waals surface area contributed by atoms with Gasteiger partial charge >= 0.3 is 0 Å². The number of nitrogens with zero attached hydrogens (tertiary/aromatic N) is 3. The van der Waals surface area contributed by atoms with Gasteiger partial charge in [-0.05, 0) is 79.1 Å². The molecule has 3 fully saturated rings. The van der Waals surface area contributed by atoms with Crippen LogP contribution in [0.2, 0.25) is 0 Å². The van der Waals surface area contributed by atoms with Gasteiger partial charge in [-0.3, -0.25) is 4.79 Å². The molecule has 0 amide bonds. The van der Waals surface area contributed by atoms with Crippen molar-refractivity contribution in [1.29, 1.82) is 0 Å². The lowest BCUT2D eigenvalue weighted by Gasteiger charge is -2.69. The fourth-order valence-corrected chi connectivity index (χ4v) is 10.7. The lowest BCUT2D eigenvalue weighted by Crippen LogP contribution is -2.65. The molecule has 1 aromatic rings. The minimum atomic E-state index is -0.653. The van der Waals surface area contributed by atoms with Gasteiger partial charge in [-0.2, -0.15) is 4.98 Å². The van der Waals surface area contributed by atoms with Crippen molar-refractivity contribution < 1.29 is 18.8 Å². The van der Waals surface area contributed by atoms with E-state index in [9.17, 15) is 9.59 Å². The topological polar surface area (TPSA) is 86.7 Å². The van der Waals surface area contributed by atoms with E-state index >= 15 is 0 Å². The van der Waals surface area contributed by atoms with E-state index in [4.69, 9.17) is 20.8 Å². The first kappa shape index (κ1) is 29.5. The number of ether oxygens (including phenoxy) is 1. The van der Waals surface area contributed by atoms with Crippen molar-refractivity contribution in [3.05, 3.63) is 46.6 Å². The number of hydrogen-bond acceptors (Lipinski definition) is 6. The van der Waals surface area contributed by atoms with Crippen LogP contribution in [-0.2, 0) is 26.2 Å². The summed E-state index contributed by atoms with van der Waals surface area (Å²) < 4.78 is 11.3. The lowest BCUT2D eigenvalue weighted by molar-refractivity contribution is -0.161. The summed E-state index contributed by atoms with van der Waals surface area (Å²) in [6, 6.07) is 0. The van der Waals surface area contributed by atoms with E-state index in [1.54, 1.807) is 7.11 Å². The second kappa shape index (κ2) is 9.21. The van der Waals surface area contributed by atoms with Gasteiger partial charge in [-0.25, -0.2) is 4.85 Å². The van der Waals surface area contributed by atoms with Gasteiger partial charge in [0.15, 0.2) is 17.4 Å². The van der Waals surface area contributed by atoms with Crippen molar-refractivity contribution in [2.75, 3.05) is 13.7 Å². The van der Waals surface area contributed by atoms with Crippen molar-refractivity contribution in [2.24, 2.45) is 44.8 Å². The first-order valence-corrected chi connectivity index (χ1v) is 15.8. The summed E-state index contributed by atoms with van der Waals surface area (Å²) in [5.74, 6) is 1.51. The summed E-state index contributed by atoms with van der Waals surface area (Å²) in [5.41, 5.74) is -0.505. The molecule has 0 N–H and O–H groups in total. The Bertz CT molecular complexity index is 1440. The van der Waals surface area contributed by atoms with Crippen LogP contribution < -0.4 is 0 Å². The summed E-state index contributed by atoms with van der Waals surface area (Å²) in [6.07, 6.45) is 11.1. The lowest BCUT2D eigenvalue weighted by atomic mass is 9.34. The third-order valence-electron chi connectivity index (χ3n) is 13.3. The molecule has 6 rings (SSSR count). The van der Waals surface area contributed by atoms with E-state index in [1.165, 1.54) is 0 Å². The molecule has 0 bridgehead atoms. The molecule has 5 aliphatic rings. The minimum Gasteiger partial charge on any atom is -0.384 e. The molecule has 0 aliphatic heterocycles. The molecule has 5 aliphatic carbocycles. The second-order valence-electron chi connectivity index (χ2n) is 16.1. The standard InChI is InChI=1S/C35H47N3O4/c1-30(2)13-15-35(29-37-26(38-42-29)11-17-41-9)16-14-34(7)27(21(35)19-30)23(39)18-25-32(5)20-22(36-8)28(40)31(3,4)24(32)10-12-33(25,34)6/h18,20-21,24,27H,10-17,19H2,1-7,9H3/t21-,24-,27-,32-,33+,34+,35-/m0/s1. The Morgan fingerprint density at radius 1 is 1.05 bits per heavy atom. The van der Waals surface area contributed by atoms with Crippen molar-refractivity contribution >= 4 is 11.6 Å². The largest absolute Gasteiger partial charge is 0.384 e. The molecule has 226 valence electrons. The van der Waals surface area contributed by atoms with E-state index in [0.717, 1.165) is 50.5 Å². The first-order valence-electron chi connectivity index (χ1n) is 15.8. The average molecular weight is 574 g/mol. The van der Waals surface area contributed by atoms with Crippen LogP contribution in [0.15, 0.2) is 27.9 Å². The van der Waals surface area contributed by atoms with Crippen molar-refractivity contribution in [3.8, 4) is 0 Å². The summed E-state index contributed by atoms with van der Waals surface area (Å²) in [6.45, 7) is 24.0. The van der Waals surface area contributed by atoms with Gasteiger partial charge in [0.2, 0.25) is 11.6 Å². The Hall–Kier alpha value is -2.59. The van der Waals surface area contributed by atoms with Crippen LogP contribution >= 0.6 is 0 Å².